The smallest absolute Gasteiger partial charge is 0.136 e. The Morgan fingerprint density at radius 2 is 1.12 bits per heavy atom. The van der Waals surface area contributed by atoms with E-state index in [1.165, 1.54) is 22.3 Å². The topological polar surface area (TPSA) is 35.3 Å². The van der Waals surface area contributed by atoms with Gasteiger partial charge in [-0.2, -0.15) is 0 Å². The number of hydrogen-bond acceptors (Lipinski definition) is 3. The van der Waals surface area contributed by atoms with Crippen molar-refractivity contribution in [1.82, 2.24) is 4.98 Å². The van der Waals surface area contributed by atoms with Gasteiger partial charge in [-0.1, -0.05) is 121 Å². The fourth-order valence-corrected chi connectivity index (χ4v) is 8.53. The van der Waals surface area contributed by atoms with Gasteiger partial charge in [-0.15, -0.1) is 0 Å². The van der Waals surface area contributed by atoms with Crippen molar-refractivity contribution in [3.8, 4) is 45.0 Å². The summed E-state index contributed by atoms with van der Waals surface area (Å²) in [6.07, 6.45) is 0. The molecule has 0 atom stereocenters. The fourth-order valence-electron chi connectivity index (χ4n) is 8.53. The summed E-state index contributed by atoms with van der Waals surface area (Å²) < 4.78 is 13.4. The van der Waals surface area contributed by atoms with Crippen molar-refractivity contribution in [2.24, 2.45) is 0 Å². The molecule has 1 aliphatic heterocycles. The average Bonchev–Trinajstić information content (AvgIpc) is 3.67. The maximum Gasteiger partial charge on any atom is 0.136 e. The first-order valence-electron chi connectivity index (χ1n) is 16.7. The van der Waals surface area contributed by atoms with E-state index in [2.05, 4.69) is 164 Å². The molecule has 228 valence electrons. The molecule has 11 rings (SSSR count). The first-order valence-corrected chi connectivity index (χ1v) is 16.7. The van der Waals surface area contributed by atoms with E-state index in [1.807, 2.05) is 0 Å². The van der Waals surface area contributed by atoms with Crippen LogP contribution < -0.4 is 4.74 Å². The Hall–Kier alpha value is -6.45. The second-order valence-corrected chi connectivity index (χ2v) is 13.0. The molecule has 0 saturated carbocycles. The summed E-state index contributed by atoms with van der Waals surface area (Å²) in [6.45, 7) is 0. The van der Waals surface area contributed by atoms with E-state index < -0.39 is 5.41 Å². The minimum atomic E-state index is -0.546. The Labute approximate surface area is 282 Å². The van der Waals surface area contributed by atoms with E-state index >= 15 is 0 Å². The predicted molar refractivity (Wildman–Crippen MR) is 197 cm³/mol. The lowest BCUT2D eigenvalue weighted by Gasteiger charge is -2.39. The van der Waals surface area contributed by atoms with Gasteiger partial charge < -0.3 is 9.15 Å². The summed E-state index contributed by atoms with van der Waals surface area (Å²) in [7, 11) is 0. The largest absolute Gasteiger partial charge is 0.457 e. The molecule has 2 aliphatic rings. The Balaban J connectivity index is 1.24. The maximum absolute atomic E-state index is 6.83. The maximum atomic E-state index is 6.83. The van der Waals surface area contributed by atoms with E-state index in [0.717, 1.165) is 77.9 Å². The summed E-state index contributed by atoms with van der Waals surface area (Å²) in [5, 5.41) is 3.30. The molecule has 0 bridgehead atoms. The van der Waals surface area contributed by atoms with Crippen molar-refractivity contribution in [2.45, 2.75) is 5.41 Å². The zero-order valence-corrected chi connectivity index (χ0v) is 26.4. The standard InChI is InChI=1S/C46H27NO2/c1-2-13-28(14-3-1)45-33(25-29-15-4-9-21-39(29)47-45)31-17-12-24-42-44(31)34-26-32-30-16-5-6-18-35(30)46(38(32)27-43(34)49-42)36-19-7-10-22-40(36)48-41-23-11-8-20-37(41)46/h1-27H. The third-order valence-electron chi connectivity index (χ3n) is 10.5. The molecule has 9 aromatic rings. The first-order chi connectivity index (χ1) is 24.3. The van der Waals surface area contributed by atoms with Crippen LogP contribution in [0.2, 0.25) is 0 Å². The molecule has 0 fully saturated rings. The molecule has 0 saturated heterocycles. The van der Waals surface area contributed by atoms with E-state index in [4.69, 9.17) is 14.1 Å². The zero-order valence-electron chi connectivity index (χ0n) is 26.4. The molecule has 1 aliphatic carbocycles. The summed E-state index contributed by atoms with van der Waals surface area (Å²) in [5.74, 6) is 1.76. The number of rotatable bonds is 2. The predicted octanol–water partition coefficient (Wildman–Crippen LogP) is 11.9. The highest BCUT2D eigenvalue weighted by atomic mass is 16.5. The molecule has 0 unspecified atom stereocenters. The third kappa shape index (κ3) is 3.54. The van der Waals surface area contributed by atoms with Crippen LogP contribution in [0.1, 0.15) is 22.3 Å². The molecule has 3 nitrogen and oxygen atoms in total. The van der Waals surface area contributed by atoms with Gasteiger partial charge in [0, 0.05) is 38.4 Å². The van der Waals surface area contributed by atoms with Gasteiger partial charge in [-0.05, 0) is 70.3 Å². The van der Waals surface area contributed by atoms with Crippen molar-refractivity contribution < 1.29 is 9.15 Å². The van der Waals surface area contributed by atoms with E-state index in [-0.39, 0.29) is 0 Å². The lowest BCUT2D eigenvalue weighted by Crippen LogP contribution is -2.32. The summed E-state index contributed by atoms with van der Waals surface area (Å²) in [4.78, 5) is 5.24. The molecule has 2 aromatic heterocycles. The van der Waals surface area contributed by atoms with Crippen LogP contribution in [-0.2, 0) is 5.41 Å². The van der Waals surface area contributed by atoms with Crippen LogP contribution in [0.15, 0.2) is 168 Å². The molecule has 1 spiro atoms. The van der Waals surface area contributed by atoms with Crippen molar-refractivity contribution in [2.75, 3.05) is 0 Å². The van der Waals surface area contributed by atoms with Gasteiger partial charge in [-0.3, -0.25) is 0 Å². The molecular weight excluding hydrogens is 599 g/mol. The zero-order chi connectivity index (χ0) is 32.1. The number of ether oxygens (including phenoxy) is 1. The number of benzene rings is 7. The van der Waals surface area contributed by atoms with Gasteiger partial charge in [-0.25, -0.2) is 4.98 Å². The fraction of sp³-hybridized carbons (Fsp3) is 0.0217. The highest BCUT2D eigenvalue weighted by molar-refractivity contribution is 6.16. The highest BCUT2D eigenvalue weighted by Gasteiger charge is 2.51. The lowest BCUT2D eigenvalue weighted by molar-refractivity contribution is 0.436. The van der Waals surface area contributed by atoms with E-state index in [9.17, 15) is 0 Å². The average molecular weight is 626 g/mol. The van der Waals surface area contributed by atoms with Crippen LogP contribution in [0.3, 0.4) is 0 Å². The van der Waals surface area contributed by atoms with Crippen LogP contribution in [0, 0.1) is 0 Å². The SMILES string of the molecule is c1ccc(-c2nc3ccccc3cc2-c2cccc3oc4cc5c(cc4c23)-c2ccccc2C52c3ccccc3Oc3ccccc32)cc1. The first kappa shape index (κ1) is 26.6. The van der Waals surface area contributed by atoms with Crippen LogP contribution >= 0.6 is 0 Å². The van der Waals surface area contributed by atoms with Gasteiger partial charge in [0.25, 0.3) is 0 Å². The number of para-hydroxylation sites is 3. The Morgan fingerprint density at radius 3 is 1.94 bits per heavy atom. The number of nitrogens with zero attached hydrogens (tertiary/aromatic N) is 1. The van der Waals surface area contributed by atoms with Crippen molar-refractivity contribution in [3.05, 3.63) is 186 Å². The van der Waals surface area contributed by atoms with Crippen molar-refractivity contribution in [1.29, 1.82) is 0 Å². The van der Waals surface area contributed by atoms with Crippen LogP contribution in [0.25, 0.3) is 66.4 Å². The second-order valence-electron chi connectivity index (χ2n) is 13.0. The molecule has 3 heterocycles. The number of furan rings is 1. The number of hydrogen-bond donors (Lipinski definition) is 0. The van der Waals surface area contributed by atoms with Crippen LogP contribution in [0.5, 0.6) is 11.5 Å². The molecule has 3 heteroatoms. The monoisotopic (exact) mass is 625 g/mol. The molecule has 0 radical (unpaired) electrons. The molecular formula is C46H27NO2. The molecule has 7 aromatic carbocycles. The van der Waals surface area contributed by atoms with E-state index in [0.29, 0.717) is 0 Å². The third-order valence-corrected chi connectivity index (χ3v) is 10.5. The summed E-state index contributed by atoms with van der Waals surface area (Å²) in [5.41, 5.74) is 13.6. The molecule has 49 heavy (non-hydrogen) atoms. The van der Waals surface area contributed by atoms with Gasteiger partial charge in [0.1, 0.15) is 22.7 Å². The number of aromatic nitrogens is 1. The van der Waals surface area contributed by atoms with Gasteiger partial charge in [0.15, 0.2) is 0 Å². The number of pyridine rings is 1. The minimum absolute atomic E-state index is 0.546. The normalized spacial score (nSPS) is 13.6. The number of fused-ring (bicyclic) bond motifs is 13. The van der Waals surface area contributed by atoms with Gasteiger partial charge in [0.2, 0.25) is 0 Å². The Bertz CT molecular complexity index is 2770. The second kappa shape index (κ2) is 9.79. The van der Waals surface area contributed by atoms with Crippen LogP contribution in [0.4, 0.5) is 0 Å². The summed E-state index contributed by atoms with van der Waals surface area (Å²) in [6, 6.07) is 58.0. The molecule has 0 N–H and O–H groups in total. The highest BCUT2D eigenvalue weighted by Crippen LogP contribution is 2.62. The van der Waals surface area contributed by atoms with Crippen molar-refractivity contribution in [3.63, 3.8) is 0 Å². The lowest BCUT2D eigenvalue weighted by atomic mass is 9.66. The minimum Gasteiger partial charge on any atom is -0.457 e. The Morgan fingerprint density at radius 1 is 0.449 bits per heavy atom. The Kier molecular flexibility index (Phi) is 5.31. The van der Waals surface area contributed by atoms with Gasteiger partial charge in [0.05, 0.1) is 16.6 Å². The van der Waals surface area contributed by atoms with Crippen LogP contribution in [-0.4, -0.2) is 4.98 Å². The summed E-state index contributed by atoms with van der Waals surface area (Å²) >= 11 is 0. The van der Waals surface area contributed by atoms with E-state index in [1.54, 1.807) is 0 Å². The van der Waals surface area contributed by atoms with Crippen molar-refractivity contribution >= 4 is 32.8 Å². The quantitative estimate of drug-likeness (QED) is 0.192. The van der Waals surface area contributed by atoms with Gasteiger partial charge >= 0.3 is 0 Å². The molecule has 0 amide bonds.